The Morgan fingerprint density at radius 3 is 2.48 bits per heavy atom. The van der Waals surface area contributed by atoms with E-state index in [-0.39, 0.29) is 17.6 Å². The van der Waals surface area contributed by atoms with Crippen molar-refractivity contribution in [1.82, 2.24) is 5.32 Å². The third-order valence-corrected chi connectivity index (χ3v) is 4.75. The minimum absolute atomic E-state index is 0.0949. The lowest BCUT2D eigenvalue weighted by Gasteiger charge is -2.30. The molecule has 0 aromatic heterocycles. The van der Waals surface area contributed by atoms with E-state index in [0.717, 1.165) is 31.2 Å². The predicted octanol–water partition coefficient (Wildman–Crippen LogP) is 2.88. The molecule has 0 saturated heterocycles. The molecule has 0 bridgehead atoms. The number of aryl methyl sites for hydroxylation is 1. The summed E-state index contributed by atoms with van der Waals surface area (Å²) >= 11 is 0. The molecule has 1 heterocycles. The van der Waals surface area contributed by atoms with Crippen molar-refractivity contribution in [1.29, 1.82) is 0 Å². The third-order valence-electron chi connectivity index (χ3n) is 4.75. The number of hydrogen-bond donors (Lipinski definition) is 2. The van der Waals surface area contributed by atoms with Gasteiger partial charge in [-0.25, -0.2) is 0 Å². The van der Waals surface area contributed by atoms with E-state index in [1.54, 1.807) is 41.3 Å². The number of amides is 2. The molecule has 2 aromatic carbocycles. The fourth-order valence-electron chi connectivity index (χ4n) is 3.25. The van der Waals surface area contributed by atoms with Crippen LogP contribution in [0.15, 0.2) is 42.5 Å². The SMILES string of the molecule is O=C(NC1CC1)c1ccc(C(=O)N2CCCc3cccc(O)c32)cc1. The summed E-state index contributed by atoms with van der Waals surface area (Å²) in [5.41, 5.74) is 2.67. The maximum Gasteiger partial charge on any atom is 0.258 e. The second-order valence-electron chi connectivity index (χ2n) is 6.67. The van der Waals surface area contributed by atoms with Crippen LogP contribution in [-0.2, 0) is 6.42 Å². The molecule has 5 heteroatoms. The molecular formula is C20H20N2O3. The Kier molecular flexibility index (Phi) is 3.92. The first kappa shape index (κ1) is 15.7. The number of phenolic OH excluding ortho intramolecular Hbond substituents is 1. The maximum absolute atomic E-state index is 12.9. The molecule has 128 valence electrons. The standard InChI is InChI=1S/C20H20N2O3/c23-17-5-1-3-13-4-2-12-22(18(13)17)20(25)15-8-6-14(7-9-15)19(24)21-16-10-11-16/h1,3,5-9,16,23H,2,4,10-12H2,(H,21,24). The predicted molar refractivity (Wildman–Crippen MR) is 95.0 cm³/mol. The van der Waals surface area contributed by atoms with Crippen molar-refractivity contribution in [3.63, 3.8) is 0 Å². The Morgan fingerprint density at radius 2 is 1.76 bits per heavy atom. The van der Waals surface area contributed by atoms with Crippen molar-refractivity contribution in [3.05, 3.63) is 59.2 Å². The van der Waals surface area contributed by atoms with Crippen molar-refractivity contribution < 1.29 is 14.7 Å². The third kappa shape index (κ3) is 3.09. The minimum Gasteiger partial charge on any atom is -0.506 e. The van der Waals surface area contributed by atoms with Crippen molar-refractivity contribution in [2.45, 2.75) is 31.7 Å². The van der Waals surface area contributed by atoms with Gasteiger partial charge in [-0.2, -0.15) is 0 Å². The monoisotopic (exact) mass is 336 g/mol. The van der Waals surface area contributed by atoms with Gasteiger partial charge in [0.2, 0.25) is 0 Å². The highest BCUT2D eigenvalue weighted by atomic mass is 16.3. The second kappa shape index (κ2) is 6.24. The number of nitrogens with one attached hydrogen (secondary N) is 1. The van der Waals surface area contributed by atoms with Crippen LogP contribution in [0.3, 0.4) is 0 Å². The Labute approximate surface area is 146 Å². The fourth-order valence-corrected chi connectivity index (χ4v) is 3.25. The number of rotatable bonds is 3. The molecule has 0 unspecified atom stereocenters. The van der Waals surface area contributed by atoms with E-state index in [1.165, 1.54) is 0 Å². The first-order valence-electron chi connectivity index (χ1n) is 8.67. The number of carbonyl (C=O) groups is 2. The van der Waals surface area contributed by atoms with Crippen LogP contribution < -0.4 is 10.2 Å². The van der Waals surface area contributed by atoms with Gasteiger partial charge in [0.1, 0.15) is 5.75 Å². The van der Waals surface area contributed by atoms with Gasteiger partial charge in [0, 0.05) is 23.7 Å². The van der Waals surface area contributed by atoms with Crippen LogP contribution >= 0.6 is 0 Å². The van der Waals surface area contributed by atoms with Gasteiger partial charge >= 0.3 is 0 Å². The summed E-state index contributed by atoms with van der Waals surface area (Å²) in [6, 6.07) is 12.4. The molecule has 1 aliphatic heterocycles. The highest BCUT2D eigenvalue weighted by Crippen LogP contribution is 2.36. The lowest BCUT2D eigenvalue weighted by molar-refractivity contribution is 0.0947. The Morgan fingerprint density at radius 1 is 1.04 bits per heavy atom. The number of para-hydroxylation sites is 1. The zero-order valence-electron chi connectivity index (χ0n) is 13.9. The quantitative estimate of drug-likeness (QED) is 0.905. The number of anilines is 1. The molecule has 0 radical (unpaired) electrons. The van der Waals surface area contributed by atoms with E-state index < -0.39 is 0 Å². The molecular weight excluding hydrogens is 316 g/mol. The molecule has 2 aromatic rings. The zero-order valence-corrected chi connectivity index (χ0v) is 13.9. The molecule has 1 fully saturated rings. The molecule has 4 rings (SSSR count). The van der Waals surface area contributed by atoms with Crippen LogP contribution in [0.2, 0.25) is 0 Å². The number of aromatic hydroxyl groups is 1. The van der Waals surface area contributed by atoms with Crippen molar-refractivity contribution in [3.8, 4) is 5.75 Å². The maximum atomic E-state index is 12.9. The average molecular weight is 336 g/mol. The van der Waals surface area contributed by atoms with Gasteiger partial charge in [-0.15, -0.1) is 0 Å². The molecule has 2 amide bonds. The Hall–Kier alpha value is -2.82. The summed E-state index contributed by atoms with van der Waals surface area (Å²) in [6.07, 6.45) is 3.80. The molecule has 0 spiro atoms. The lowest BCUT2D eigenvalue weighted by Crippen LogP contribution is -2.35. The molecule has 25 heavy (non-hydrogen) atoms. The average Bonchev–Trinajstić information content (AvgIpc) is 3.45. The molecule has 1 aliphatic carbocycles. The van der Waals surface area contributed by atoms with Gasteiger partial charge < -0.3 is 15.3 Å². The number of fused-ring (bicyclic) bond motifs is 1. The van der Waals surface area contributed by atoms with Crippen LogP contribution in [0.4, 0.5) is 5.69 Å². The van der Waals surface area contributed by atoms with Crippen LogP contribution in [0.25, 0.3) is 0 Å². The van der Waals surface area contributed by atoms with E-state index in [4.69, 9.17) is 0 Å². The van der Waals surface area contributed by atoms with E-state index in [1.807, 2.05) is 6.07 Å². The number of carbonyl (C=O) groups excluding carboxylic acids is 2. The summed E-state index contributed by atoms with van der Waals surface area (Å²) in [5, 5.41) is 13.1. The Balaban J connectivity index is 1.56. The van der Waals surface area contributed by atoms with Crippen molar-refractivity contribution in [2.75, 3.05) is 11.4 Å². The second-order valence-corrected chi connectivity index (χ2v) is 6.67. The minimum atomic E-state index is -0.156. The highest BCUT2D eigenvalue weighted by molar-refractivity contribution is 6.08. The van der Waals surface area contributed by atoms with Gasteiger partial charge in [-0.3, -0.25) is 9.59 Å². The van der Waals surface area contributed by atoms with Crippen molar-refractivity contribution in [2.24, 2.45) is 0 Å². The number of benzene rings is 2. The smallest absolute Gasteiger partial charge is 0.258 e. The van der Waals surface area contributed by atoms with E-state index in [0.29, 0.717) is 29.4 Å². The lowest BCUT2D eigenvalue weighted by atomic mass is 10.00. The van der Waals surface area contributed by atoms with Gasteiger partial charge in [0.05, 0.1) is 5.69 Å². The van der Waals surface area contributed by atoms with Gasteiger partial charge in [0.25, 0.3) is 11.8 Å². The normalized spacial score (nSPS) is 16.2. The molecule has 2 aliphatic rings. The fraction of sp³-hybridized carbons (Fsp3) is 0.300. The number of phenols is 1. The largest absolute Gasteiger partial charge is 0.506 e. The molecule has 1 saturated carbocycles. The van der Waals surface area contributed by atoms with E-state index >= 15 is 0 Å². The topological polar surface area (TPSA) is 69.6 Å². The van der Waals surface area contributed by atoms with Crippen LogP contribution in [0.5, 0.6) is 5.75 Å². The first-order valence-corrected chi connectivity index (χ1v) is 8.67. The van der Waals surface area contributed by atoms with Crippen LogP contribution in [0.1, 0.15) is 45.5 Å². The summed E-state index contributed by atoms with van der Waals surface area (Å²) < 4.78 is 0. The van der Waals surface area contributed by atoms with E-state index in [9.17, 15) is 14.7 Å². The number of hydrogen-bond acceptors (Lipinski definition) is 3. The summed E-state index contributed by atoms with van der Waals surface area (Å²) in [5.74, 6) is -0.120. The van der Waals surface area contributed by atoms with Crippen molar-refractivity contribution >= 4 is 17.5 Å². The molecule has 5 nitrogen and oxygen atoms in total. The molecule has 2 N–H and O–H groups in total. The summed E-state index contributed by atoms with van der Waals surface area (Å²) in [6.45, 7) is 0.577. The zero-order chi connectivity index (χ0) is 17.4. The summed E-state index contributed by atoms with van der Waals surface area (Å²) in [7, 11) is 0. The first-order chi connectivity index (χ1) is 12.1. The van der Waals surface area contributed by atoms with Gasteiger partial charge in [-0.1, -0.05) is 12.1 Å². The number of nitrogens with zero attached hydrogens (tertiary/aromatic N) is 1. The van der Waals surface area contributed by atoms with Crippen LogP contribution in [-0.4, -0.2) is 29.5 Å². The molecule has 0 atom stereocenters. The van der Waals surface area contributed by atoms with Crippen LogP contribution in [0, 0.1) is 0 Å². The Bertz CT molecular complexity index is 825. The highest BCUT2D eigenvalue weighted by Gasteiger charge is 2.27. The summed E-state index contributed by atoms with van der Waals surface area (Å²) in [4.78, 5) is 26.6. The van der Waals surface area contributed by atoms with Gasteiger partial charge in [0.15, 0.2) is 0 Å². The van der Waals surface area contributed by atoms with Gasteiger partial charge in [-0.05, 0) is 61.6 Å². The van der Waals surface area contributed by atoms with E-state index in [2.05, 4.69) is 5.32 Å².